The van der Waals surface area contributed by atoms with Crippen molar-refractivity contribution in [2.24, 2.45) is 0 Å². The van der Waals surface area contributed by atoms with Crippen LogP contribution in [0.2, 0.25) is 0 Å². The maximum absolute atomic E-state index is 12.4. The number of nitrogens with zero attached hydrogens (tertiary/aromatic N) is 5. The second kappa shape index (κ2) is 7.65. The Morgan fingerprint density at radius 3 is 2.88 bits per heavy atom. The summed E-state index contributed by atoms with van der Waals surface area (Å²) < 4.78 is 0. The third kappa shape index (κ3) is 4.08. The fraction of sp³-hybridized carbons (Fsp3) is 0.444. The Labute approximate surface area is 152 Å². The lowest BCUT2D eigenvalue weighted by molar-refractivity contribution is 0.0949. The number of amides is 1. The van der Waals surface area contributed by atoms with Gasteiger partial charge in [0.1, 0.15) is 18.0 Å². The van der Waals surface area contributed by atoms with Crippen molar-refractivity contribution < 1.29 is 9.90 Å². The van der Waals surface area contributed by atoms with Gasteiger partial charge < -0.3 is 20.2 Å². The molecular formula is C18H24N6O2. The molecule has 26 heavy (non-hydrogen) atoms. The summed E-state index contributed by atoms with van der Waals surface area (Å²) in [5.74, 6) is 1.40. The molecule has 2 aromatic heterocycles. The normalized spacial score (nSPS) is 19.5. The monoisotopic (exact) mass is 356 g/mol. The third-order valence-electron chi connectivity index (χ3n) is 4.44. The summed E-state index contributed by atoms with van der Waals surface area (Å²) in [6, 6.07) is 5.31. The second-order valence-electron chi connectivity index (χ2n) is 6.72. The molecule has 8 nitrogen and oxygen atoms in total. The van der Waals surface area contributed by atoms with Gasteiger partial charge in [-0.3, -0.25) is 9.78 Å². The Balaban J connectivity index is 1.70. The highest BCUT2D eigenvalue weighted by molar-refractivity contribution is 5.94. The van der Waals surface area contributed by atoms with Gasteiger partial charge in [-0.15, -0.1) is 0 Å². The lowest BCUT2D eigenvalue weighted by Gasteiger charge is -2.26. The molecule has 1 fully saturated rings. The zero-order chi connectivity index (χ0) is 18.7. The Morgan fingerprint density at radius 2 is 2.15 bits per heavy atom. The van der Waals surface area contributed by atoms with Crippen LogP contribution in [-0.2, 0) is 0 Å². The molecule has 0 aliphatic carbocycles. The number of aliphatic hydroxyl groups is 1. The van der Waals surface area contributed by atoms with E-state index in [0.29, 0.717) is 25.1 Å². The van der Waals surface area contributed by atoms with E-state index in [1.165, 1.54) is 6.33 Å². The van der Waals surface area contributed by atoms with Crippen LogP contribution in [0.5, 0.6) is 0 Å². The topological polar surface area (TPSA) is 94.5 Å². The van der Waals surface area contributed by atoms with Crippen LogP contribution in [-0.4, -0.2) is 65.3 Å². The first-order valence-electron chi connectivity index (χ1n) is 8.59. The summed E-state index contributed by atoms with van der Waals surface area (Å²) in [4.78, 5) is 29.0. The third-order valence-corrected chi connectivity index (χ3v) is 4.44. The number of hydrogen-bond donors (Lipinski definition) is 2. The number of rotatable bonds is 5. The molecule has 1 saturated heterocycles. The van der Waals surface area contributed by atoms with E-state index in [9.17, 15) is 9.90 Å². The first kappa shape index (κ1) is 18.1. The summed E-state index contributed by atoms with van der Waals surface area (Å²) in [7, 11) is 3.83. The van der Waals surface area contributed by atoms with E-state index in [2.05, 4.69) is 20.3 Å². The van der Waals surface area contributed by atoms with Gasteiger partial charge in [-0.25, -0.2) is 9.97 Å². The maximum Gasteiger partial charge on any atom is 0.251 e. The molecule has 0 bridgehead atoms. The largest absolute Gasteiger partial charge is 0.391 e. The molecule has 138 valence electrons. The number of aliphatic hydroxyl groups excluding tert-OH is 1. The molecule has 0 saturated carbocycles. The fourth-order valence-corrected chi connectivity index (χ4v) is 3.10. The van der Waals surface area contributed by atoms with Crippen molar-refractivity contribution in [1.82, 2.24) is 20.3 Å². The van der Waals surface area contributed by atoms with Crippen molar-refractivity contribution >= 4 is 17.5 Å². The second-order valence-corrected chi connectivity index (χ2v) is 6.72. The van der Waals surface area contributed by atoms with E-state index in [0.717, 1.165) is 17.3 Å². The number of aryl methyl sites for hydroxylation is 1. The standard InChI is InChI=1S/C18H24N6O2/c1-12-6-13(4-5-19-12)18(26)20-9-14-7-15(25)10-24(14)17-8-16(23(2)3)21-11-22-17/h4-6,8,11,14-15,25H,7,9-10H2,1-3H3,(H,20,26)/t14-,15-/m1/s1. The van der Waals surface area contributed by atoms with Gasteiger partial charge in [0.25, 0.3) is 5.91 Å². The van der Waals surface area contributed by atoms with Gasteiger partial charge in [0, 0.05) is 50.7 Å². The first-order valence-corrected chi connectivity index (χ1v) is 8.59. The summed E-state index contributed by atoms with van der Waals surface area (Å²) in [5, 5.41) is 13.1. The molecule has 2 atom stereocenters. The first-order chi connectivity index (χ1) is 12.4. The van der Waals surface area contributed by atoms with E-state index in [1.807, 2.05) is 36.9 Å². The fourth-order valence-electron chi connectivity index (χ4n) is 3.10. The van der Waals surface area contributed by atoms with Gasteiger partial charge in [-0.2, -0.15) is 0 Å². The molecule has 0 radical (unpaired) electrons. The van der Waals surface area contributed by atoms with E-state index < -0.39 is 6.10 Å². The van der Waals surface area contributed by atoms with E-state index >= 15 is 0 Å². The molecule has 1 aliphatic heterocycles. The number of carbonyl (C=O) groups is 1. The van der Waals surface area contributed by atoms with E-state index in [4.69, 9.17) is 0 Å². The minimum absolute atomic E-state index is 0.0261. The number of pyridine rings is 1. The Hall–Kier alpha value is -2.74. The predicted molar refractivity (Wildman–Crippen MR) is 99.4 cm³/mol. The highest BCUT2D eigenvalue weighted by atomic mass is 16.3. The molecule has 2 N–H and O–H groups in total. The highest BCUT2D eigenvalue weighted by Gasteiger charge is 2.32. The Bertz CT molecular complexity index is 782. The van der Waals surface area contributed by atoms with Crippen LogP contribution in [0.15, 0.2) is 30.7 Å². The van der Waals surface area contributed by atoms with Gasteiger partial charge >= 0.3 is 0 Å². The van der Waals surface area contributed by atoms with Gasteiger partial charge in [-0.05, 0) is 25.5 Å². The van der Waals surface area contributed by atoms with Gasteiger partial charge in [0.05, 0.1) is 12.1 Å². The minimum atomic E-state index is -0.446. The Morgan fingerprint density at radius 1 is 1.35 bits per heavy atom. The summed E-state index contributed by atoms with van der Waals surface area (Å²) in [6.07, 6.45) is 3.28. The molecular weight excluding hydrogens is 332 g/mol. The summed E-state index contributed by atoms with van der Waals surface area (Å²) in [6.45, 7) is 2.76. The van der Waals surface area contributed by atoms with Gasteiger partial charge in [0.2, 0.25) is 0 Å². The Kier molecular flexibility index (Phi) is 5.32. The smallest absolute Gasteiger partial charge is 0.251 e. The highest BCUT2D eigenvalue weighted by Crippen LogP contribution is 2.25. The average Bonchev–Trinajstić information content (AvgIpc) is 3.00. The molecule has 2 aromatic rings. The SMILES string of the molecule is Cc1cc(C(=O)NC[C@H]2C[C@@H](O)CN2c2cc(N(C)C)ncn2)ccn1. The summed E-state index contributed by atoms with van der Waals surface area (Å²) in [5.41, 5.74) is 1.38. The van der Waals surface area contributed by atoms with Crippen molar-refractivity contribution in [2.45, 2.75) is 25.5 Å². The van der Waals surface area contributed by atoms with Crippen molar-refractivity contribution in [1.29, 1.82) is 0 Å². The zero-order valence-electron chi connectivity index (χ0n) is 15.3. The van der Waals surface area contributed by atoms with Crippen LogP contribution in [0.3, 0.4) is 0 Å². The number of aromatic nitrogens is 3. The van der Waals surface area contributed by atoms with Crippen LogP contribution in [0, 0.1) is 6.92 Å². The van der Waals surface area contributed by atoms with Crippen LogP contribution >= 0.6 is 0 Å². The van der Waals surface area contributed by atoms with E-state index in [-0.39, 0.29) is 11.9 Å². The average molecular weight is 356 g/mol. The lowest BCUT2D eigenvalue weighted by atomic mass is 10.1. The molecule has 0 aromatic carbocycles. The maximum atomic E-state index is 12.4. The van der Waals surface area contributed by atoms with Crippen LogP contribution < -0.4 is 15.1 Å². The van der Waals surface area contributed by atoms with E-state index in [1.54, 1.807) is 18.3 Å². The summed E-state index contributed by atoms with van der Waals surface area (Å²) >= 11 is 0. The minimum Gasteiger partial charge on any atom is -0.391 e. The number of β-amino-alcohol motifs (C(OH)–C–C–N with tert-alkyl or cyclic N) is 1. The number of carbonyl (C=O) groups excluding carboxylic acids is 1. The molecule has 3 rings (SSSR count). The molecule has 1 aliphatic rings. The zero-order valence-corrected chi connectivity index (χ0v) is 15.3. The molecule has 1 amide bonds. The van der Waals surface area contributed by atoms with Crippen molar-refractivity contribution in [3.8, 4) is 0 Å². The number of hydrogen-bond acceptors (Lipinski definition) is 7. The van der Waals surface area contributed by atoms with Gasteiger partial charge in [-0.1, -0.05) is 0 Å². The van der Waals surface area contributed by atoms with Crippen LogP contribution in [0.4, 0.5) is 11.6 Å². The predicted octanol–water partition coefficient (Wildman–Crippen LogP) is 0.616. The van der Waals surface area contributed by atoms with Crippen molar-refractivity contribution in [2.75, 3.05) is 37.0 Å². The number of anilines is 2. The van der Waals surface area contributed by atoms with Crippen LogP contribution in [0.25, 0.3) is 0 Å². The lowest BCUT2D eigenvalue weighted by Crippen LogP contribution is -2.40. The van der Waals surface area contributed by atoms with Crippen molar-refractivity contribution in [3.63, 3.8) is 0 Å². The number of nitrogens with one attached hydrogen (secondary N) is 1. The van der Waals surface area contributed by atoms with Gasteiger partial charge in [0.15, 0.2) is 0 Å². The van der Waals surface area contributed by atoms with Crippen molar-refractivity contribution in [3.05, 3.63) is 42.0 Å². The molecule has 0 unspecified atom stereocenters. The molecule has 0 spiro atoms. The molecule has 3 heterocycles. The molecule has 8 heteroatoms. The quantitative estimate of drug-likeness (QED) is 0.811. The van der Waals surface area contributed by atoms with Crippen LogP contribution in [0.1, 0.15) is 22.5 Å².